The van der Waals surface area contributed by atoms with E-state index in [1.807, 2.05) is 12.3 Å². The monoisotopic (exact) mass is 306 g/mol. The minimum Gasteiger partial charge on any atom is -0.376 e. The fourth-order valence-electron chi connectivity index (χ4n) is 1.72. The molecule has 0 aliphatic heterocycles. The number of nitrogens with zero attached hydrogens (tertiary/aromatic N) is 1. The highest BCUT2D eigenvalue weighted by Gasteiger charge is 2.04. The van der Waals surface area contributed by atoms with Crippen LogP contribution in [-0.2, 0) is 11.3 Å². The van der Waals surface area contributed by atoms with Crippen LogP contribution in [0.1, 0.15) is 12.6 Å². The molecule has 1 heterocycles. The minimum absolute atomic E-state index is 0.230. The Morgan fingerprint density at radius 1 is 1.38 bits per heavy atom. The van der Waals surface area contributed by atoms with Gasteiger partial charge in [0.15, 0.2) is 0 Å². The molecule has 0 aliphatic rings. The van der Waals surface area contributed by atoms with Gasteiger partial charge in [0.25, 0.3) is 0 Å². The molecule has 0 bridgehead atoms. The van der Waals surface area contributed by atoms with Gasteiger partial charge in [-0.25, -0.2) is 9.37 Å². The Morgan fingerprint density at radius 2 is 2.14 bits per heavy atom. The van der Waals surface area contributed by atoms with Crippen LogP contribution in [0.25, 0.3) is 10.6 Å². The van der Waals surface area contributed by atoms with E-state index in [0.29, 0.717) is 19.8 Å². The van der Waals surface area contributed by atoms with Crippen molar-refractivity contribution in [3.05, 3.63) is 53.3 Å². The first kappa shape index (κ1) is 15.8. The number of hydrogen-bond donors (Lipinski definition) is 1. The molecule has 0 saturated heterocycles. The average molecular weight is 306 g/mol. The highest BCUT2D eigenvalue weighted by Crippen LogP contribution is 2.23. The zero-order chi connectivity index (χ0) is 15.1. The van der Waals surface area contributed by atoms with E-state index in [2.05, 4.69) is 16.9 Å². The van der Waals surface area contributed by atoms with Gasteiger partial charge in [0, 0.05) is 24.0 Å². The summed E-state index contributed by atoms with van der Waals surface area (Å²) >= 11 is 1.56. The zero-order valence-electron chi connectivity index (χ0n) is 12.1. The molecule has 0 unspecified atom stereocenters. The fourth-order valence-corrected chi connectivity index (χ4v) is 2.55. The Kier molecular flexibility index (Phi) is 6.04. The second-order valence-electron chi connectivity index (χ2n) is 4.84. The molecule has 112 valence electrons. The smallest absolute Gasteiger partial charge is 0.123 e. The molecule has 0 radical (unpaired) electrons. The molecule has 0 aliphatic carbocycles. The SMILES string of the molecule is C=C(C)COCCNCc1csc(-c2ccc(F)cc2)n1. The Balaban J connectivity index is 1.76. The Labute approximate surface area is 128 Å². The van der Waals surface area contributed by atoms with Gasteiger partial charge in [0.1, 0.15) is 10.8 Å². The molecule has 3 nitrogen and oxygen atoms in total. The molecule has 0 atom stereocenters. The normalized spacial score (nSPS) is 10.8. The van der Waals surface area contributed by atoms with Gasteiger partial charge in [-0.15, -0.1) is 11.3 Å². The van der Waals surface area contributed by atoms with Gasteiger partial charge in [-0.3, -0.25) is 0 Å². The van der Waals surface area contributed by atoms with E-state index in [9.17, 15) is 4.39 Å². The van der Waals surface area contributed by atoms with E-state index in [4.69, 9.17) is 4.74 Å². The summed E-state index contributed by atoms with van der Waals surface area (Å²) < 4.78 is 18.3. The van der Waals surface area contributed by atoms with E-state index in [1.165, 1.54) is 12.1 Å². The molecular weight excluding hydrogens is 287 g/mol. The lowest BCUT2D eigenvalue weighted by Gasteiger charge is -2.04. The Morgan fingerprint density at radius 3 is 2.86 bits per heavy atom. The molecule has 21 heavy (non-hydrogen) atoms. The average Bonchev–Trinajstić information content (AvgIpc) is 2.92. The molecule has 0 amide bonds. The van der Waals surface area contributed by atoms with E-state index in [0.717, 1.165) is 28.4 Å². The van der Waals surface area contributed by atoms with Crippen LogP contribution in [0.2, 0.25) is 0 Å². The highest BCUT2D eigenvalue weighted by molar-refractivity contribution is 7.13. The van der Waals surface area contributed by atoms with Gasteiger partial charge in [0.05, 0.1) is 18.9 Å². The maximum absolute atomic E-state index is 12.9. The Bertz CT molecular complexity index is 580. The maximum atomic E-state index is 12.9. The van der Waals surface area contributed by atoms with Crippen molar-refractivity contribution in [1.82, 2.24) is 10.3 Å². The lowest BCUT2D eigenvalue weighted by molar-refractivity contribution is 0.157. The molecule has 1 N–H and O–H groups in total. The predicted octanol–water partition coefficient (Wildman–Crippen LogP) is 3.63. The molecule has 1 aromatic heterocycles. The van der Waals surface area contributed by atoms with Crippen LogP contribution in [0.5, 0.6) is 0 Å². The van der Waals surface area contributed by atoms with E-state index in [-0.39, 0.29) is 5.82 Å². The summed E-state index contributed by atoms with van der Waals surface area (Å²) in [6.45, 7) is 8.46. The third-order valence-electron chi connectivity index (χ3n) is 2.72. The summed E-state index contributed by atoms with van der Waals surface area (Å²) in [5.74, 6) is -0.230. The van der Waals surface area contributed by atoms with Crippen LogP contribution in [0, 0.1) is 5.82 Å². The van der Waals surface area contributed by atoms with Crippen molar-refractivity contribution >= 4 is 11.3 Å². The summed E-state index contributed by atoms with van der Waals surface area (Å²) in [5.41, 5.74) is 2.95. The van der Waals surface area contributed by atoms with E-state index in [1.54, 1.807) is 23.5 Å². The lowest BCUT2D eigenvalue weighted by atomic mass is 10.2. The molecule has 5 heteroatoms. The summed E-state index contributed by atoms with van der Waals surface area (Å²) in [7, 11) is 0. The van der Waals surface area contributed by atoms with Gasteiger partial charge in [-0.1, -0.05) is 12.2 Å². The zero-order valence-corrected chi connectivity index (χ0v) is 12.9. The van der Waals surface area contributed by atoms with Crippen LogP contribution < -0.4 is 5.32 Å². The summed E-state index contributed by atoms with van der Waals surface area (Å²) in [5, 5.41) is 6.20. The summed E-state index contributed by atoms with van der Waals surface area (Å²) in [6, 6.07) is 6.40. The van der Waals surface area contributed by atoms with E-state index < -0.39 is 0 Å². The number of hydrogen-bond acceptors (Lipinski definition) is 4. The van der Waals surface area contributed by atoms with Crippen LogP contribution in [0.15, 0.2) is 41.8 Å². The first-order valence-electron chi connectivity index (χ1n) is 6.78. The van der Waals surface area contributed by atoms with Gasteiger partial charge < -0.3 is 10.1 Å². The van der Waals surface area contributed by atoms with Gasteiger partial charge in [-0.2, -0.15) is 0 Å². The molecule has 1 aromatic carbocycles. The van der Waals surface area contributed by atoms with Crippen LogP contribution in [0.3, 0.4) is 0 Å². The van der Waals surface area contributed by atoms with Crippen LogP contribution in [-0.4, -0.2) is 24.7 Å². The van der Waals surface area contributed by atoms with Gasteiger partial charge >= 0.3 is 0 Å². The quantitative estimate of drug-likeness (QED) is 0.597. The molecule has 2 rings (SSSR count). The van der Waals surface area contributed by atoms with Gasteiger partial charge in [0.2, 0.25) is 0 Å². The first-order chi connectivity index (χ1) is 10.1. The molecule has 2 aromatic rings. The third-order valence-corrected chi connectivity index (χ3v) is 3.66. The molecule has 0 spiro atoms. The summed E-state index contributed by atoms with van der Waals surface area (Å²) in [6.07, 6.45) is 0. The van der Waals surface area contributed by atoms with Crippen molar-refractivity contribution in [3.63, 3.8) is 0 Å². The molecular formula is C16H19FN2OS. The topological polar surface area (TPSA) is 34.1 Å². The molecule has 0 saturated carbocycles. The second kappa shape index (κ2) is 8.02. The third kappa shape index (κ3) is 5.38. The Hall–Kier alpha value is -1.56. The van der Waals surface area contributed by atoms with Gasteiger partial charge in [-0.05, 0) is 31.2 Å². The largest absolute Gasteiger partial charge is 0.376 e. The predicted molar refractivity (Wildman–Crippen MR) is 84.8 cm³/mol. The van der Waals surface area contributed by atoms with Crippen molar-refractivity contribution in [2.75, 3.05) is 19.8 Å². The maximum Gasteiger partial charge on any atom is 0.123 e. The van der Waals surface area contributed by atoms with Crippen molar-refractivity contribution in [1.29, 1.82) is 0 Å². The van der Waals surface area contributed by atoms with Crippen LogP contribution >= 0.6 is 11.3 Å². The number of rotatable bonds is 8. The first-order valence-corrected chi connectivity index (χ1v) is 7.66. The number of aromatic nitrogens is 1. The number of thiazole rings is 1. The number of nitrogens with one attached hydrogen (secondary N) is 1. The summed E-state index contributed by atoms with van der Waals surface area (Å²) in [4.78, 5) is 4.53. The second-order valence-corrected chi connectivity index (χ2v) is 5.70. The fraction of sp³-hybridized carbons (Fsp3) is 0.312. The number of ether oxygens (including phenoxy) is 1. The highest BCUT2D eigenvalue weighted by atomic mass is 32.1. The minimum atomic E-state index is -0.230. The van der Waals surface area contributed by atoms with Crippen LogP contribution in [0.4, 0.5) is 4.39 Å². The van der Waals surface area contributed by atoms with Crippen molar-refractivity contribution < 1.29 is 9.13 Å². The van der Waals surface area contributed by atoms with Crippen molar-refractivity contribution in [2.24, 2.45) is 0 Å². The van der Waals surface area contributed by atoms with Crippen molar-refractivity contribution in [3.8, 4) is 10.6 Å². The standard InChI is InChI=1S/C16H19FN2OS/c1-12(2)10-20-8-7-18-9-15-11-21-16(19-15)13-3-5-14(17)6-4-13/h3-6,11,18H,1,7-10H2,2H3. The lowest BCUT2D eigenvalue weighted by Crippen LogP contribution is -2.19. The van der Waals surface area contributed by atoms with Crippen molar-refractivity contribution in [2.45, 2.75) is 13.5 Å². The molecule has 0 fully saturated rings. The number of halogens is 1. The number of benzene rings is 1. The van der Waals surface area contributed by atoms with E-state index >= 15 is 0 Å².